The number of benzene rings is 11. The Morgan fingerprint density at radius 3 is 1.04 bits per heavy atom. The van der Waals surface area contributed by atoms with Crippen molar-refractivity contribution in [2.24, 2.45) is 0 Å². The average Bonchev–Trinajstić information content (AvgIpc) is 4.40. The molecule has 0 unspecified atom stereocenters. The standard InChI is InChI=1S/C68H36N6S2/c1-70-64-65(71-48-26-10-2-18-39(48)40-19-3-11-27-49(40)71)47(38-69)66(73-52-30-14-6-22-43(52)60-54(73)34-36-58-62(60)45-24-8-16-32-56(45)75-58)68(72-50-28-12-4-20-41(50)42-21-5-13-29-51(42)72)67(64)74-53-31-15-7-23-44(53)61-55(74)35-37-59-63(61)46-25-9-17-33-57(46)76-59/h2-37H. The molecular weight excluding hydrogens is 965 g/mol. The molecule has 0 spiro atoms. The Balaban J connectivity index is 1.20. The van der Waals surface area contributed by atoms with Gasteiger partial charge in [-0.05, 0) is 72.8 Å². The van der Waals surface area contributed by atoms with E-state index in [2.05, 4.69) is 243 Å². The molecule has 0 aliphatic heterocycles. The third-order valence-electron chi connectivity index (χ3n) is 16.0. The molecule has 6 nitrogen and oxygen atoms in total. The summed E-state index contributed by atoms with van der Waals surface area (Å²) in [5.74, 6) is 0. The van der Waals surface area contributed by atoms with E-state index in [9.17, 15) is 11.8 Å². The van der Waals surface area contributed by atoms with Gasteiger partial charge in [0.1, 0.15) is 6.07 Å². The summed E-state index contributed by atoms with van der Waals surface area (Å²) >= 11 is 3.62. The van der Waals surface area contributed by atoms with Crippen LogP contribution < -0.4 is 0 Å². The van der Waals surface area contributed by atoms with Gasteiger partial charge in [0.2, 0.25) is 5.69 Å². The van der Waals surface area contributed by atoms with Crippen LogP contribution in [0.3, 0.4) is 0 Å². The van der Waals surface area contributed by atoms with E-state index in [-0.39, 0.29) is 0 Å². The maximum absolute atomic E-state index is 12.6. The average molecular weight is 1000 g/mol. The van der Waals surface area contributed by atoms with Gasteiger partial charge in [-0.2, -0.15) is 5.26 Å². The first-order valence-electron chi connectivity index (χ1n) is 25.4. The number of hydrogen-bond acceptors (Lipinski definition) is 3. The second-order valence-electron chi connectivity index (χ2n) is 19.6. The Hall–Kier alpha value is -9.96. The topological polar surface area (TPSA) is 47.9 Å². The van der Waals surface area contributed by atoms with Gasteiger partial charge in [0.15, 0.2) is 0 Å². The van der Waals surface area contributed by atoms with Crippen molar-refractivity contribution in [3.63, 3.8) is 0 Å². The third-order valence-corrected chi connectivity index (χ3v) is 18.3. The van der Waals surface area contributed by atoms with Gasteiger partial charge in [0.25, 0.3) is 0 Å². The molecule has 8 heteroatoms. The SMILES string of the molecule is [C-]#[N+]c1c(-n2c3ccccc3c3ccccc32)c(C#N)c(-n2c3ccccc3c3c4c(ccc32)sc2ccccc24)c(-n2c3ccccc3c3ccccc32)c1-n1c2ccccc2c2c3c(ccc21)sc1ccccc13. The quantitative estimate of drug-likeness (QED) is 0.162. The molecule has 76 heavy (non-hydrogen) atoms. The van der Waals surface area contributed by atoms with Crippen LogP contribution in [-0.4, -0.2) is 18.3 Å². The second kappa shape index (κ2) is 15.3. The number of rotatable bonds is 4. The van der Waals surface area contributed by atoms with Gasteiger partial charge >= 0.3 is 0 Å². The number of fused-ring (bicyclic) bond motifs is 20. The Morgan fingerprint density at radius 1 is 0.303 bits per heavy atom. The monoisotopic (exact) mass is 1000 g/mol. The Labute approximate surface area is 441 Å². The molecule has 17 aromatic rings. The van der Waals surface area contributed by atoms with Gasteiger partial charge in [-0.15, -0.1) is 22.7 Å². The summed E-state index contributed by atoms with van der Waals surface area (Å²) in [4.78, 5) is 4.80. The zero-order valence-corrected chi connectivity index (χ0v) is 41.9. The lowest BCUT2D eigenvalue weighted by molar-refractivity contribution is 1.03. The molecule has 6 heterocycles. The summed E-state index contributed by atoms with van der Waals surface area (Å²) in [6, 6.07) is 80.7. The number of nitriles is 1. The van der Waals surface area contributed by atoms with Crippen LogP contribution in [0.25, 0.3) is 155 Å². The molecule has 6 aromatic heterocycles. The number of para-hydroxylation sites is 6. The van der Waals surface area contributed by atoms with E-state index < -0.39 is 0 Å². The Morgan fingerprint density at radius 2 is 0.632 bits per heavy atom. The van der Waals surface area contributed by atoms with E-state index in [0.29, 0.717) is 28.3 Å². The molecule has 350 valence electrons. The third kappa shape index (κ3) is 5.26. The molecular formula is C68H36N6S2. The summed E-state index contributed by atoms with van der Waals surface area (Å²) in [6.07, 6.45) is 0. The molecule has 0 saturated carbocycles. The maximum atomic E-state index is 12.6. The molecule has 0 atom stereocenters. The van der Waals surface area contributed by atoms with Crippen molar-refractivity contribution in [2.75, 3.05) is 0 Å². The summed E-state index contributed by atoms with van der Waals surface area (Å²) in [5, 5.41) is 26.1. The van der Waals surface area contributed by atoms with Crippen LogP contribution in [0, 0.1) is 17.9 Å². The van der Waals surface area contributed by atoms with Crippen molar-refractivity contribution in [3.8, 4) is 28.8 Å². The minimum Gasteiger partial charge on any atom is -0.318 e. The zero-order valence-electron chi connectivity index (χ0n) is 40.3. The molecule has 0 N–H and O–H groups in total. The predicted molar refractivity (Wildman–Crippen MR) is 321 cm³/mol. The molecule has 17 rings (SSSR count). The van der Waals surface area contributed by atoms with Gasteiger partial charge in [-0.3, -0.25) is 0 Å². The zero-order chi connectivity index (χ0) is 49.9. The van der Waals surface area contributed by atoms with Crippen LogP contribution >= 0.6 is 22.7 Å². The van der Waals surface area contributed by atoms with Gasteiger partial charge in [0.05, 0.1) is 79.0 Å². The van der Waals surface area contributed by atoms with Crippen molar-refractivity contribution >= 4 is 156 Å². The van der Waals surface area contributed by atoms with E-state index in [4.69, 9.17) is 4.85 Å². The summed E-state index contributed by atoms with van der Waals surface area (Å²) in [5.41, 5.74) is 11.0. The number of aromatic nitrogens is 4. The van der Waals surface area contributed by atoms with Crippen LogP contribution in [0.4, 0.5) is 5.69 Å². The summed E-state index contributed by atoms with van der Waals surface area (Å²) < 4.78 is 14.1. The molecule has 0 fully saturated rings. The van der Waals surface area contributed by atoms with Crippen LogP contribution in [0.2, 0.25) is 0 Å². The van der Waals surface area contributed by atoms with Gasteiger partial charge < -0.3 is 18.3 Å². The largest absolute Gasteiger partial charge is 0.318 e. The lowest BCUT2D eigenvalue weighted by Crippen LogP contribution is -2.14. The smallest absolute Gasteiger partial charge is 0.237 e. The van der Waals surface area contributed by atoms with Crippen molar-refractivity contribution < 1.29 is 0 Å². The van der Waals surface area contributed by atoms with Gasteiger partial charge in [-0.1, -0.05) is 146 Å². The maximum Gasteiger partial charge on any atom is 0.237 e. The molecule has 0 radical (unpaired) electrons. The second-order valence-corrected chi connectivity index (χ2v) is 21.8. The first-order valence-corrected chi connectivity index (χ1v) is 27.0. The minimum atomic E-state index is 0.369. The molecule has 0 saturated heterocycles. The minimum absolute atomic E-state index is 0.369. The number of thiophene rings is 2. The van der Waals surface area contributed by atoms with Crippen molar-refractivity contribution in [1.29, 1.82) is 5.26 Å². The molecule has 0 aliphatic carbocycles. The van der Waals surface area contributed by atoms with E-state index in [1.54, 1.807) is 0 Å². The van der Waals surface area contributed by atoms with Crippen LogP contribution in [0.15, 0.2) is 218 Å². The van der Waals surface area contributed by atoms with Gasteiger partial charge in [-0.25, -0.2) is 4.85 Å². The van der Waals surface area contributed by atoms with Gasteiger partial charge in [0, 0.05) is 83.4 Å². The van der Waals surface area contributed by atoms with E-state index in [1.165, 1.54) is 40.3 Å². The molecule has 0 amide bonds. The number of hydrogen-bond donors (Lipinski definition) is 0. The van der Waals surface area contributed by atoms with E-state index >= 15 is 0 Å². The fraction of sp³-hybridized carbons (Fsp3) is 0. The highest BCUT2D eigenvalue weighted by atomic mass is 32.1. The van der Waals surface area contributed by atoms with Crippen LogP contribution in [0.5, 0.6) is 0 Å². The molecule has 0 aliphatic rings. The van der Waals surface area contributed by atoms with Crippen molar-refractivity contribution in [1.82, 2.24) is 18.3 Å². The lowest BCUT2D eigenvalue weighted by atomic mass is 10.0. The lowest BCUT2D eigenvalue weighted by Gasteiger charge is -2.27. The van der Waals surface area contributed by atoms with E-state index in [1.807, 2.05) is 22.7 Å². The highest BCUT2D eigenvalue weighted by molar-refractivity contribution is 7.26. The highest BCUT2D eigenvalue weighted by Gasteiger charge is 2.35. The molecule has 0 bridgehead atoms. The van der Waals surface area contributed by atoms with Crippen molar-refractivity contribution in [3.05, 3.63) is 235 Å². The predicted octanol–water partition coefficient (Wildman–Crippen LogP) is 19.2. The Kier molecular flexibility index (Phi) is 8.36. The fourth-order valence-electron chi connectivity index (χ4n) is 13.1. The Bertz CT molecular complexity index is 5190. The van der Waals surface area contributed by atoms with E-state index in [0.717, 1.165) is 92.9 Å². The van der Waals surface area contributed by atoms with Crippen LogP contribution in [-0.2, 0) is 0 Å². The number of nitrogens with zero attached hydrogens (tertiary/aromatic N) is 6. The summed E-state index contributed by atoms with van der Waals surface area (Å²) in [6.45, 7) is 9.83. The van der Waals surface area contributed by atoms with Crippen LogP contribution in [0.1, 0.15) is 5.56 Å². The first-order chi connectivity index (χ1) is 37.7. The molecule has 11 aromatic carbocycles. The summed E-state index contributed by atoms with van der Waals surface area (Å²) in [7, 11) is 0. The normalized spacial score (nSPS) is 12.2. The van der Waals surface area contributed by atoms with Crippen molar-refractivity contribution in [2.45, 2.75) is 0 Å². The fourth-order valence-corrected chi connectivity index (χ4v) is 15.3. The highest BCUT2D eigenvalue weighted by Crippen LogP contribution is 2.54. The first kappa shape index (κ1) is 41.5.